The number of carbonyl (C=O) groups excluding carboxylic acids is 3. The number of amides is 4. The molecular weight excluding hydrogens is 370 g/mol. The van der Waals surface area contributed by atoms with Gasteiger partial charge in [-0.15, -0.1) is 0 Å². The molecule has 0 unspecified atom stereocenters. The van der Waals surface area contributed by atoms with E-state index in [2.05, 4.69) is 10.6 Å². The number of nitrogens with one attached hydrogen (secondary N) is 2. The van der Waals surface area contributed by atoms with Crippen LogP contribution < -0.4 is 15.4 Å². The third-order valence-corrected chi connectivity index (χ3v) is 5.61. The van der Waals surface area contributed by atoms with Gasteiger partial charge in [0.2, 0.25) is 0 Å². The molecule has 0 aromatic heterocycles. The highest BCUT2D eigenvalue weighted by atomic mass is 16.5. The molecule has 150 valence electrons. The van der Waals surface area contributed by atoms with Gasteiger partial charge in [0.05, 0.1) is 13.7 Å². The van der Waals surface area contributed by atoms with E-state index in [9.17, 15) is 14.4 Å². The largest absolute Gasteiger partial charge is 0.497 e. The van der Waals surface area contributed by atoms with Crippen LogP contribution in [0.3, 0.4) is 0 Å². The zero-order chi connectivity index (χ0) is 20.4. The third-order valence-electron chi connectivity index (χ3n) is 5.61. The molecule has 29 heavy (non-hydrogen) atoms. The molecule has 0 bridgehead atoms. The molecule has 0 atom stereocenters. The number of benzene rings is 2. The number of nitrogens with zero attached hydrogens (tertiary/aromatic N) is 1. The Morgan fingerprint density at radius 3 is 2.34 bits per heavy atom. The van der Waals surface area contributed by atoms with Crippen molar-refractivity contribution in [1.29, 1.82) is 0 Å². The van der Waals surface area contributed by atoms with Crippen molar-refractivity contribution in [3.05, 3.63) is 59.7 Å². The van der Waals surface area contributed by atoms with Crippen molar-refractivity contribution < 1.29 is 19.1 Å². The van der Waals surface area contributed by atoms with E-state index in [1.54, 1.807) is 55.6 Å². The first-order valence-corrected chi connectivity index (χ1v) is 9.69. The van der Waals surface area contributed by atoms with Crippen LogP contribution in [0.15, 0.2) is 48.5 Å². The maximum atomic E-state index is 12.7. The average molecular weight is 393 g/mol. The molecule has 1 saturated heterocycles. The number of imide groups is 1. The summed E-state index contributed by atoms with van der Waals surface area (Å²) >= 11 is 0. The van der Waals surface area contributed by atoms with E-state index in [0.29, 0.717) is 29.8 Å². The zero-order valence-corrected chi connectivity index (χ0v) is 16.2. The van der Waals surface area contributed by atoms with Crippen molar-refractivity contribution in [2.75, 3.05) is 12.4 Å². The minimum absolute atomic E-state index is 0.138. The van der Waals surface area contributed by atoms with Gasteiger partial charge in [-0.1, -0.05) is 25.0 Å². The van der Waals surface area contributed by atoms with Gasteiger partial charge in [0, 0.05) is 11.3 Å². The van der Waals surface area contributed by atoms with Gasteiger partial charge >= 0.3 is 6.03 Å². The monoisotopic (exact) mass is 393 g/mol. The molecule has 4 rings (SSSR count). The number of rotatable bonds is 5. The molecule has 4 amide bonds. The van der Waals surface area contributed by atoms with Crippen LogP contribution in [-0.4, -0.2) is 35.4 Å². The lowest BCUT2D eigenvalue weighted by Crippen LogP contribution is -2.44. The van der Waals surface area contributed by atoms with Crippen LogP contribution in [0.4, 0.5) is 10.5 Å². The molecule has 7 heteroatoms. The van der Waals surface area contributed by atoms with E-state index in [-0.39, 0.29) is 24.4 Å². The van der Waals surface area contributed by atoms with E-state index in [1.165, 1.54) is 4.90 Å². The third kappa shape index (κ3) is 3.68. The van der Waals surface area contributed by atoms with Gasteiger partial charge < -0.3 is 15.4 Å². The minimum Gasteiger partial charge on any atom is -0.497 e. The summed E-state index contributed by atoms with van der Waals surface area (Å²) in [7, 11) is 1.59. The Balaban J connectivity index is 1.40. The van der Waals surface area contributed by atoms with E-state index in [0.717, 1.165) is 18.4 Å². The summed E-state index contributed by atoms with van der Waals surface area (Å²) in [5.74, 6) is 0.343. The van der Waals surface area contributed by atoms with Crippen LogP contribution >= 0.6 is 0 Å². The van der Waals surface area contributed by atoms with E-state index < -0.39 is 5.54 Å². The lowest BCUT2D eigenvalue weighted by atomic mass is 9.98. The average Bonchev–Trinajstić information content (AvgIpc) is 3.29. The number of carbonyl (C=O) groups is 3. The fourth-order valence-electron chi connectivity index (χ4n) is 3.96. The van der Waals surface area contributed by atoms with E-state index in [4.69, 9.17) is 4.74 Å². The number of urea groups is 1. The molecule has 1 heterocycles. The van der Waals surface area contributed by atoms with E-state index >= 15 is 0 Å². The second-order valence-electron chi connectivity index (χ2n) is 7.49. The smallest absolute Gasteiger partial charge is 0.325 e. The van der Waals surface area contributed by atoms with Crippen LogP contribution in [0.25, 0.3) is 0 Å². The molecule has 1 saturated carbocycles. The number of ether oxygens (including phenoxy) is 1. The van der Waals surface area contributed by atoms with Crippen molar-refractivity contribution in [2.45, 2.75) is 37.8 Å². The van der Waals surface area contributed by atoms with Crippen molar-refractivity contribution in [1.82, 2.24) is 10.2 Å². The molecule has 2 N–H and O–H groups in total. The predicted octanol–water partition coefficient (Wildman–Crippen LogP) is 3.31. The van der Waals surface area contributed by atoms with Crippen LogP contribution in [0.2, 0.25) is 0 Å². The second kappa shape index (κ2) is 7.58. The minimum atomic E-state index is -0.699. The summed E-state index contributed by atoms with van der Waals surface area (Å²) in [5.41, 5.74) is 1.26. The highest BCUT2D eigenvalue weighted by Gasteiger charge is 2.52. The molecule has 2 aromatic carbocycles. The molecule has 1 aliphatic heterocycles. The van der Waals surface area contributed by atoms with Gasteiger partial charge in [0.25, 0.3) is 11.8 Å². The van der Waals surface area contributed by atoms with Gasteiger partial charge in [0.15, 0.2) is 0 Å². The molecule has 2 aromatic rings. The van der Waals surface area contributed by atoms with Crippen LogP contribution in [0.1, 0.15) is 41.6 Å². The molecule has 7 nitrogen and oxygen atoms in total. The zero-order valence-electron chi connectivity index (χ0n) is 16.2. The Morgan fingerprint density at radius 1 is 1.07 bits per heavy atom. The van der Waals surface area contributed by atoms with Crippen LogP contribution in [0, 0.1) is 0 Å². The molecular formula is C22H23N3O4. The highest BCUT2D eigenvalue weighted by Crippen LogP contribution is 2.35. The van der Waals surface area contributed by atoms with Gasteiger partial charge in [-0.05, 0) is 54.8 Å². The second-order valence-corrected chi connectivity index (χ2v) is 7.49. The molecule has 1 spiro atoms. The molecule has 0 radical (unpaired) electrons. The highest BCUT2D eigenvalue weighted by molar-refractivity contribution is 6.07. The number of methoxy groups -OCH3 is 1. The maximum Gasteiger partial charge on any atom is 0.325 e. The van der Waals surface area contributed by atoms with Gasteiger partial charge in [-0.25, -0.2) is 4.79 Å². The Bertz CT molecular complexity index is 932. The van der Waals surface area contributed by atoms with Gasteiger partial charge in [-0.3, -0.25) is 14.5 Å². The number of anilines is 1. The number of hydrogen-bond donors (Lipinski definition) is 2. The molecule has 2 aliphatic rings. The SMILES string of the molecule is COc1ccc(NC(=O)c2ccc(CN3C(=O)NC4(CCCC4)C3=O)cc2)cc1. The first-order valence-electron chi connectivity index (χ1n) is 9.69. The topological polar surface area (TPSA) is 87.7 Å². The lowest BCUT2D eigenvalue weighted by Gasteiger charge is -2.20. The number of hydrogen-bond acceptors (Lipinski definition) is 4. The first-order chi connectivity index (χ1) is 14.0. The van der Waals surface area contributed by atoms with E-state index in [1.807, 2.05) is 0 Å². The molecule has 1 aliphatic carbocycles. The van der Waals surface area contributed by atoms with Crippen molar-refractivity contribution >= 4 is 23.5 Å². The fraction of sp³-hybridized carbons (Fsp3) is 0.318. The van der Waals surface area contributed by atoms with Crippen LogP contribution in [-0.2, 0) is 11.3 Å². The quantitative estimate of drug-likeness (QED) is 0.763. The normalized spacial score (nSPS) is 17.5. The Kier molecular flexibility index (Phi) is 4.96. The van der Waals surface area contributed by atoms with Crippen molar-refractivity contribution in [2.24, 2.45) is 0 Å². The summed E-state index contributed by atoms with van der Waals surface area (Å²) < 4.78 is 5.10. The summed E-state index contributed by atoms with van der Waals surface area (Å²) in [6, 6.07) is 13.7. The van der Waals surface area contributed by atoms with Gasteiger partial charge in [0.1, 0.15) is 11.3 Å². The Labute approximate surface area is 169 Å². The van der Waals surface area contributed by atoms with Gasteiger partial charge in [-0.2, -0.15) is 0 Å². The summed E-state index contributed by atoms with van der Waals surface area (Å²) in [6.07, 6.45) is 3.33. The maximum absolute atomic E-state index is 12.7. The summed E-state index contributed by atoms with van der Waals surface area (Å²) in [4.78, 5) is 38.7. The standard InChI is InChI=1S/C22H23N3O4/c1-29-18-10-8-17(9-11-18)23-19(26)16-6-4-15(5-7-16)14-25-20(27)22(24-21(25)28)12-2-3-13-22/h4-11H,2-3,12-14H2,1H3,(H,23,26)(H,24,28). The van der Waals surface area contributed by atoms with Crippen LogP contribution in [0.5, 0.6) is 5.75 Å². The van der Waals surface area contributed by atoms with Crippen molar-refractivity contribution in [3.63, 3.8) is 0 Å². The first kappa shape index (κ1) is 19.0. The molecule has 2 fully saturated rings. The summed E-state index contributed by atoms with van der Waals surface area (Å²) in [6.45, 7) is 0.201. The predicted molar refractivity (Wildman–Crippen MR) is 108 cm³/mol. The summed E-state index contributed by atoms with van der Waals surface area (Å²) in [5, 5.41) is 5.70. The Hall–Kier alpha value is -3.35. The lowest BCUT2D eigenvalue weighted by molar-refractivity contribution is -0.131. The van der Waals surface area contributed by atoms with Crippen molar-refractivity contribution in [3.8, 4) is 5.75 Å². The Morgan fingerprint density at radius 2 is 1.72 bits per heavy atom. The fourth-order valence-corrected chi connectivity index (χ4v) is 3.96.